The Morgan fingerprint density at radius 1 is 0.579 bits per heavy atom. The highest BCUT2D eigenvalue weighted by molar-refractivity contribution is 5.63. The Balaban J connectivity index is 2.35. The Morgan fingerprint density at radius 2 is 1.05 bits per heavy atom. The van der Waals surface area contributed by atoms with Crippen LogP contribution in [0.5, 0.6) is 0 Å². The number of rotatable bonds is 2. The van der Waals surface area contributed by atoms with Gasteiger partial charge in [-0.05, 0) is 11.1 Å². The third-order valence-electron chi connectivity index (χ3n) is 2.71. The molecule has 0 radical (unpaired) electrons. The van der Waals surface area contributed by atoms with Crippen molar-refractivity contribution in [3.05, 3.63) is 60.2 Å². The molecule has 0 aliphatic carbocycles. The maximum atomic E-state index is 13.1. The molecule has 0 amide bonds. The van der Waals surface area contributed by atoms with Gasteiger partial charge in [0.05, 0.1) is 0 Å². The van der Waals surface area contributed by atoms with Gasteiger partial charge in [-0.1, -0.05) is 54.6 Å². The van der Waals surface area contributed by atoms with Gasteiger partial charge in [-0.25, -0.2) is 0 Å². The zero-order valence-corrected chi connectivity index (χ0v) is 9.59. The van der Waals surface area contributed by atoms with Crippen LogP contribution >= 0.6 is 0 Å². The average molecular weight is 272 g/mol. The van der Waals surface area contributed by atoms with Gasteiger partial charge in [-0.15, -0.1) is 0 Å². The first-order chi connectivity index (χ1) is 8.82. The van der Waals surface area contributed by atoms with Gasteiger partial charge in [0, 0.05) is 5.56 Å². The first-order valence-electron chi connectivity index (χ1n) is 5.43. The third kappa shape index (κ3) is 2.59. The molecular formula is C14H9F5. The predicted octanol–water partition coefficient (Wildman–Crippen LogP) is 5.01. The van der Waals surface area contributed by atoms with E-state index < -0.39 is 17.7 Å². The van der Waals surface area contributed by atoms with E-state index in [1.807, 2.05) is 0 Å². The normalized spacial score (nSPS) is 12.5. The molecule has 2 aromatic carbocycles. The number of halogens is 5. The molecule has 0 bridgehead atoms. The van der Waals surface area contributed by atoms with Crippen molar-refractivity contribution in [1.82, 2.24) is 0 Å². The molecule has 5 heteroatoms. The van der Waals surface area contributed by atoms with Gasteiger partial charge < -0.3 is 0 Å². The van der Waals surface area contributed by atoms with Crippen molar-refractivity contribution in [1.29, 1.82) is 0 Å². The zero-order valence-electron chi connectivity index (χ0n) is 9.59. The summed E-state index contributed by atoms with van der Waals surface area (Å²) in [7, 11) is 0. The highest BCUT2D eigenvalue weighted by Gasteiger charge is 2.58. The van der Waals surface area contributed by atoms with E-state index in [4.69, 9.17) is 0 Å². The van der Waals surface area contributed by atoms with Gasteiger partial charge in [-0.2, -0.15) is 22.0 Å². The molecule has 0 heterocycles. The first kappa shape index (κ1) is 13.5. The van der Waals surface area contributed by atoms with Crippen molar-refractivity contribution in [2.24, 2.45) is 0 Å². The summed E-state index contributed by atoms with van der Waals surface area (Å²) in [6.07, 6.45) is -5.58. The molecule has 19 heavy (non-hydrogen) atoms. The summed E-state index contributed by atoms with van der Waals surface area (Å²) < 4.78 is 62.7. The van der Waals surface area contributed by atoms with E-state index in [-0.39, 0.29) is 0 Å². The summed E-state index contributed by atoms with van der Waals surface area (Å²) in [6.45, 7) is 0. The van der Waals surface area contributed by atoms with E-state index >= 15 is 0 Å². The van der Waals surface area contributed by atoms with Crippen LogP contribution in [0.2, 0.25) is 0 Å². The Morgan fingerprint density at radius 3 is 1.53 bits per heavy atom. The van der Waals surface area contributed by atoms with Gasteiger partial charge in [0.2, 0.25) is 0 Å². The Kier molecular flexibility index (Phi) is 3.30. The molecule has 0 spiro atoms. The SMILES string of the molecule is FC(F)(F)C(F)(F)c1ccc(-c2ccccc2)cc1. The summed E-state index contributed by atoms with van der Waals surface area (Å²) in [4.78, 5) is 0. The number of benzene rings is 2. The van der Waals surface area contributed by atoms with Crippen molar-refractivity contribution < 1.29 is 22.0 Å². The summed E-state index contributed by atoms with van der Waals surface area (Å²) in [6, 6.07) is 12.9. The molecule has 0 fully saturated rings. The Bertz CT molecular complexity index is 540. The lowest BCUT2D eigenvalue weighted by atomic mass is 10.0. The quantitative estimate of drug-likeness (QED) is 0.674. The van der Waals surface area contributed by atoms with E-state index in [1.54, 1.807) is 30.3 Å². The van der Waals surface area contributed by atoms with Crippen LogP contribution in [0.25, 0.3) is 11.1 Å². The third-order valence-corrected chi connectivity index (χ3v) is 2.71. The van der Waals surface area contributed by atoms with Gasteiger partial charge >= 0.3 is 12.1 Å². The molecule has 0 aliphatic heterocycles. The fraction of sp³-hybridized carbons (Fsp3) is 0.143. The molecule has 2 rings (SSSR count). The molecule has 0 saturated heterocycles. The highest BCUT2D eigenvalue weighted by atomic mass is 19.4. The van der Waals surface area contributed by atoms with Gasteiger partial charge in [0.25, 0.3) is 0 Å². The van der Waals surface area contributed by atoms with E-state index in [0.717, 1.165) is 17.7 Å². The van der Waals surface area contributed by atoms with E-state index in [9.17, 15) is 22.0 Å². The monoisotopic (exact) mass is 272 g/mol. The van der Waals surface area contributed by atoms with Crippen molar-refractivity contribution in [3.8, 4) is 11.1 Å². The largest absolute Gasteiger partial charge is 0.458 e. The van der Waals surface area contributed by atoms with Crippen LogP contribution in [0.1, 0.15) is 5.56 Å². The van der Waals surface area contributed by atoms with Crippen LogP contribution in [0.3, 0.4) is 0 Å². The molecule has 0 atom stereocenters. The van der Waals surface area contributed by atoms with Crippen LogP contribution in [-0.2, 0) is 5.92 Å². The lowest BCUT2D eigenvalue weighted by Crippen LogP contribution is -2.33. The second kappa shape index (κ2) is 4.64. The van der Waals surface area contributed by atoms with Crippen molar-refractivity contribution in [2.75, 3.05) is 0 Å². The van der Waals surface area contributed by atoms with Gasteiger partial charge in [0.15, 0.2) is 0 Å². The van der Waals surface area contributed by atoms with Gasteiger partial charge in [-0.3, -0.25) is 0 Å². The predicted molar refractivity (Wildman–Crippen MR) is 61.8 cm³/mol. The van der Waals surface area contributed by atoms with E-state index in [0.29, 0.717) is 5.56 Å². The summed E-state index contributed by atoms with van der Waals surface area (Å²) >= 11 is 0. The van der Waals surface area contributed by atoms with Crippen LogP contribution in [0, 0.1) is 0 Å². The minimum atomic E-state index is -5.58. The Hall–Kier alpha value is -1.91. The molecule has 0 aromatic heterocycles. The number of alkyl halides is 5. The van der Waals surface area contributed by atoms with Crippen LogP contribution < -0.4 is 0 Å². The summed E-state index contributed by atoms with van der Waals surface area (Å²) in [5.74, 6) is -4.83. The molecule has 0 aliphatic rings. The van der Waals surface area contributed by atoms with E-state index in [1.165, 1.54) is 12.1 Å². The lowest BCUT2D eigenvalue weighted by Gasteiger charge is -2.20. The topological polar surface area (TPSA) is 0 Å². The minimum absolute atomic E-state index is 0.585. The zero-order chi connectivity index (χ0) is 14.1. The molecule has 0 saturated carbocycles. The fourth-order valence-electron chi connectivity index (χ4n) is 1.67. The highest BCUT2D eigenvalue weighted by Crippen LogP contribution is 2.44. The second-order valence-corrected chi connectivity index (χ2v) is 4.02. The fourth-order valence-corrected chi connectivity index (χ4v) is 1.67. The van der Waals surface area contributed by atoms with Crippen molar-refractivity contribution in [2.45, 2.75) is 12.1 Å². The standard InChI is InChI=1S/C14H9F5/c15-13(16,14(17,18)19)12-8-6-11(7-9-12)10-4-2-1-3-5-10/h1-9H. The van der Waals surface area contributed by atoms with Crippen molar-refractivity contribution >= 4 is 0 Å². The number of hydrogen-bond acceptors (Lipinski definition) is 0. The molecule has 2 aromatic rings. The maximum absolute atomic E-state index is 13.1. The van der Waals surface area contributed by atoms with E-state index in [2.05, 4.69) is 0 Å². The summed E-state index contributed by atoms with van der Waals surface area (Å²) in [5.41, 5.74) is 0.284. The van der Waals surface area contributed by atoms with Crippen LogP contribution in [-0.4, -0.2) is 6.18 Å². The molecule has 0 nitrogen and oxygen atoms in total. The van der Waals surface area contributed by atoms with Gasteiger partial charge in [0.1, 0.15) is 0 Å². The number of hydrogen-bond donors (Lipinski definition) is 0. The second-order valence-electron chi connectivity index (χ2n) is 4.02. The smallest absolute Gasteiger partial charge is 0.191 e. The Labute approximate surface area is 106 Å². The lowest BCUT2D eigenvalue weighted by molar-refractivity contribution is -0.289. The van der Waals surface area contributed by atoms with Crippen LogP contribution in [0.4, 0.5) is 22.0 Å². The van der Waals surface area contributed by atoms with Crippen LogP contribution in [0.15, 0.2) is 54.6 Å². The summed E-state index contributed by atoms with van der Waals surface area (Å²) in [5, 5.41) is 0. The maximum Gasteiger partial charge on any atom is 0.458 e. The van der Waals surface area contributed by atoms with Crippen molar-refractivity contribution in [3.63, 3.8) is 0 Å². The average Bonchev–Trinajstić information content (AvgIpc) is 2.39. The molecule has 100 valence electrons. The molecule has 0 unspecified atom stereocenters. The molecular weight excluding hydrogens is 263 g/mol. The first-order valence-corrected chi connectivity index (χ1v) is 5.43. The molecule has 0 N–H and O–H groups in total. The minimum Gasteiger partial charge on any atom is -0.191 e.